The Bertz CT molecular complexity index is 925. The molecule has 31 heavy (non-hydrogen) atoms. The van der Waals surface area contributed by atoms with Crippen molar-refractivity contribution >= 4 is 11.9 Å². The van der Waals surface area contributed by atoms with Crippen molar-refractivity contribution in [3.63, 3.8) is 0 Å². The minimum atomic E-state index is -1.33. The molecule has 1 saturated heterocycles. The van der Waals surface area contributed by atoms with Crippen LogP contribution in [0.2, 0.25) is 0 Å². The molecule has 0 radical (unpaired) electrons. The molecular formula is C25H29FN2O3. The first-order chi connectivity index (χ1) is 15.0. The van der Waals surface area contributed by atoms with E-state index in [-0.39, 0.29) is 37.0 Å². The standard InChI is InChI=1S/C25H29FN2O3/c1-18(29)20-9-5-6-10-21(20)22-15-23(22)27-17-25(26)11-13-28(14-12-25)24(30)31-16-19-7-3-2-4-8-19/h2-10,22-23,27H,11-17H2,1H3. The highest BCUT2D eigenvalue weighted by Crippen LogP contribution is 2.43. The lowest BCUT2D eigenvalue weighted by Gasteiger charge is -2.36. The van der Waals surface area contributed by atoms with Gasteiger partial charge in [-0.15, -0.1) is 0 Å². The highest BCUT2D eigenvalue weighted by Gasteiger charge is 2.43. The molecule has 0 bridgehead atoms. The van der Waals surface area contributed by atoms with E-state index in [1.807, 2.05) is 54.6 Å². The van der Waals surface area contributed by atoms with E-state index in [2.05, 4.69) is 5.32 Å². The molecule has 5 nitrogen and oxygen atoms in total. The van der Waals surface area contributed by atoms with Gasteiger partial charge in [0, 0.05) is 50.0 Å². The van der Waals surface area contributed by atoms with Gasteiger partial charge in [0.25, 0.3) is 0 Å². The Morgan fingerprint density at radius 1 is 1.10 bits per heavy atom. The van der Waals surface area contributed by atoms with E-state index in [1.54, 1.807) is 11.8 Å². The van der Waals surface area contributed by atoms with Crippen LogP contribution in [0.15, 0.2) is 54.6 Å². The summed E-state index contributed by atoms with van der Waals surface area (Å²) in [5.74, 6) is 0.325. The lowest BCUT2D eigenvalue weighted by molar-refractivity contribution is 0.0407. The number of alkyl halides is 1. The van der Waals surface area contributed by atoms with E-state index in [0.29, 0.717) is 25.9 Å². The highest BCUT2D eigenvalue weighted by atomic mass is 19.1. The van der Waals surface area contributed by atoms with Gasteiger partial charge in [0.2, 0.25) is 0 Å². The highest BCUT2D eigenvalue weighted by molar-refractivity contribution is 5.95. The van der Waals surface area contributed by atoms with Crippen LogP contribution in [0.5, 0.6) is 0 Å². The fourth-order valence-electron chi connectivity index (χ4n) is 4.30. The number of piperidine rings is 1. The summed E-state index contributed by atoms with van der Waals surface area (Å²) in [6.45, 7) is 2.78. The molecule has 1 amide bonds. The van der Waals surface area contributed by atoms with Gasteiger partial charge in [-0.25, -0.2) is 9.18 Å². The Kier molecular flexibility index (Phi) is 6.37. The Hall–Kier alpha value is -2.73. The number of benzene rings is 2. The monoisotopic (exact) mass is 424 g/mol. The number of hydrogen-bond donors (Lipinski definition) is 1. The van der Waals surface area contributed by atoms with E-state index in [9.17, 15) is 9.59 Å². The second-order valence-electron chi connectivity index (χ2n) is 8.65. The topological polar surface area (TPSA) is 58.6 Å². The summed E-state index contributed by atoms with van der Waals surface area (Å²) in [4.78, 5) is 25.7. The molecule has 2 unspecified atom stereocenters. The van der Waals surface area contributed by atoms with E-state index >= 15 is 4.39 Å². The lowest BCUT2D eigenvalue weighted by atomic mass is 9.93. The SMILES string of the molecule is CC(=O)c1ccccc1C1CC1NCC1(F)CCN(C(=O)OCc2ccccc2)CC1. The second-order valence-corrected chi connectivity index (χ2v) is 8.65. The molecule has 1 heterocycles. The molecule has 0 aromatic heterocycles. The maximum absolute atomic E-state index is 15.3. The van der Waals surface area contributed by atoms with Gasteiger partial charge in [0.15, 0.2) is 5.78 Å². The predicted molar refractivity (Wildman–Crippen MR) is 117 cm³/mol. The largest absolute Gasteiger partial charge is 0.445 e. The first-order valence-electron chi connectivity index (χ1n) is 10.9. The molecule has 2 aromatic carbocycles. The van der Waals surface area contributed by atoms with Gasteiger partial charge >= 0.3 is 6.09 Å². The lowest BCUT2D eigenvalue weighted by Crippen LogP contribution is -2.49. The summed E-state index contributed by atoms with van der Waals surface area (Å²) >= 11 is 0. The van der Waals surface area contributed by atoms with Gasteiger partial charge in [-0.3, -0.25) is 4.79 Å². The van der Waals surface area contributed by atoms with E-state index in [1.165, 1.54) is 0 Å². The number of nitrogens with one attached hydrogen (secondary N) is 1. The van der Waals surface area contributed by atoms with Crippen molar-refractivity contribution in [1.82, 2.24) is 10.2 Å². The first-order valence-corrected chi connectivity index (χ1v) is 10.9. The van der Waals surface area contributed by atoms with E-state index in [0.717, 1.165) is 23.1 Å². The molecule has 4 rings (SSSR count). The van der Waals surface area contributed by atoms with Crippen LogP contribution in [0, 0.1) is 0 Å². The average Bonchev–Trinajstić information content (AvgIpc) is 3.57. The number of nitrogens with zero attached hydrogens (tertiary/aromatic N) is 1. The number of ketones is 1. The average molecular weight is 425 g/mol. The molecule has 2 fully saturated rings. The number of carbonyl (C=O) groups is 2. The number of rotatable bonds is 7. The summed E-state index contributed by atoms with van der Waals surface area (Å²) in [6.07, 6.45) is 1.11. The number of hydrogen-bond acceptors (Lipinski definition) is 4. The van der Waals surface area contributed by atoms with Crippen molar-refractivity contribution in [1.29, 1.82) is 0 Å². The molecule has 1 saturated carbocycles. The van der Waals surface area contributed by atoms with Crippen molar-refractivity contribution in [2.45, 2.75) is 50.4 Å². The van der Waals surface area contributed by atoms with Crippen LogP contribution in [0.25, 0.3) is 0 Å². The predicted octanol–water partition coefficient (Wildman–Crippen LogP) is 4.48. The first kappa shape index (κ1) is 21.5. The Morgan fingerprint density at radius 3 is 2.48 bits per heavy atom. The zero-order valence-electron chi connectivity index (χ0n) is 17.9. The molecular weight excluding hydrogens is 395 g/mol. The summed E-state index contributed by atoms with van der Waals surface area (Å²) < 4.78 is 20.6. The van der Waals surface area contributed by atoms with Crippen LogP contribution in [0.4, 0.5) is 9.18 Å². The molecule has 1 aliphatic heterocycles. The third kappa shape index (κ3) is 5.31. The number of carbonyl (C=O) groups excluding carboxylic acids is 2. The van der Waals surface area contributed by atoms with Gasteiger partial charge in [0.1, 0.15) is 12.3 Å². The Labute approximate surface area is 182 Å². The maximum atomic E-state index is 15.3. The number of Topliss-reactive ketones (excluding diaryl/α,β-unsaturated/α-hetero) is 1. The van der Waals surface area contributed by atoms with Gasteiger partial charge in [-0.05, 0) is 24.5 Å². The number of ether oxygens (including phenoxy) is 1. The fourth-order valence-corrected chi connectivity index (χ4v) is 4.30. The van der Waals surface area contributed by atoms with Crippen molar-refractivity contribution in [3.05, 3.63) is 71.3 Å². The summed E-state index contributed by atoms with van der Waals surface area (Å²) in [7, 11) is 0. The normalized spacial score (nSPS) is 22.1. The fraction of sp³-hybridized carbons (Fsp3) is 0.440. The molecule has 2 atom stereocenters. The third-order valence-electron chi connectivity index (χ3n) is 6.33. The van der Waals surface area contributed by atoms with Crippen molar-refractivity contribution in [2.75, 3.05) is 19.6 Å². The summed E-state index contributed by atoms with van der Waals surface area (Å²) in [5, 5.41) is 3.35. The molecule has 2 aromatic rings. The zero-order chi connectivity index (χ0) is 21.8. The van der Waals surface area contributed by atoms with Gasteiger partial charge in [0.05, 0.1) is 0 Å². The Morgan fingerprint density at radius 2 is 1.77 bits per heavy atom. The zero-order valence-corrected chi connectivity index (χ0v) is 17.9. The minimum Gasteiger partial charge on any atom is -0.445 e. The molecule has 2 aliphatic rings. The van der Waals surface area contributed by atoms with Crippen molar-refractivity contribution in [2.24, 2.45) is 0 Å². The van der Waals surface area contributed by atoms with Crippen molar-refractivity contribution < 1.29 is 18.7 Å². The van der Waals surface area contributed by atoms with Crippen LogP contribution in [0.3, 0.4) is 0 Å². The van der Waals surface area contributed by atoms with Crippen LogP contribution in [0.1, 0.15) is 53.6 Å². The number of likely N-dealkylation sites (tertiary alicyclic amines) is 1. The molecule has 0 spiro atoms. The molecule has 6 heteroatoms. The van der Waals surface area contributed by atoms with Crippen molar-refractivity contribution in [3.8, 4) is 0 Å². The minimum absolute atomic E-state index is 0.0646. The van der Waals surface area contributed by atoms with Crippen LogP contribution in [-0.2, 0) is 11.3 Å². The molecule has 164 valence electrons. The number of amides is 1. The molecule has 1 N–H and O–H groups in total. The van der Waals surface area contributed by atoms with Gasteiger partial charge < -0.3 is 15.0 Å². The summed E-state index contributed by atoms with van der Waals surface area (Å²) in [6, 6.07) is 17.4. The summed E-state index contributed by atoms with van der Waals surface area (Å²) in [5.41, 5.74) is 1.41. The quantitative estimate of drug-likeness (QED) is 0.666. The smallest absolute Gasteiger partial charge is 0.410 e. The third-order valence-corrected chi connectivity index (χ3v) is 6.33. The second kappa shape index (κ2) is 9.18. The van der Waals surface area contributed by atoms with E-state index in [4.69, 9.17) is 4.74 Å². The van der Waals surface area contributed by atoms with Crippen LogP contribution >= 0.6 is 0 Å². The van der Waals surface area contributed by atoms with Crippen LogP contribution in [-0.4, -0.2) is 48.1 Å². The van der Waals surface area contributed by atoms with E-state index < -0.39 is 5.67 Å². The van der Waals surface area contributed by atoms with Gasteiger partial charge in [-0.2, -0.15) is 0 Å². The molecule has 1 aliphatic carbocycles. The van der Waals surface area contributed by atoms with Gasteiger partial charge in [-0.1, -0.05) is 54.6 Å². The Balaban J connectivity index is 1.22. The maximum Gasteiger partial charge on any atom is 0.410 e. The van der Waals surface area contributed by atoms with Crippen LogP contribution < -0.4 is 5.32 Å². The number of halogens is 1.